The van der Waals surface area contributed by atoms with Gasteiger partial charge in [-0.2, -0.15) is 0 Å². The van der Waals surface area contributed by atoms with Crippen LogP contribution in [0.2, 0.25) is 0 Å². The fourth-order valence-corrected chi connectivity index (χ4v) is 4.83. The highest BCUT2D eigenvalue weighted by molar-refractivity contribution is 6.41. The largest absolute Gasteiger partial charge is 0.456 e. The highest BCUT2D eigenvalue weighted by Gasteiger charge is 2.63. The predicted octanol–water partition coefficient (Wildman–Crippen LogP) is 4.31. The molecule has 138 valence electrons. The Morgan fingerprint density at radius 3 is 1.97 bits per heavy atom. The topological polar surface area (TPSA) is 60.4 Å². The molecule has 0 aromatic heterocycles. The van der Waals surface area contributed by atoms with Gasteiger partial charge in [0.25, 0.3) is 0 Å². The summed E-state index contributed by atoms with van der Waals surface area (Å²) in [5.74, 6) is -0.286. The Labute approximate surface area is 166 Å². The lowest BCUT2D eigenvalue weighted by atomic mass is 9.67. The van der Waals surface area contributed by atoms with Crippen LogP contribution in [0.5, 0.6) is 5.75 Å². The van der Waals surface area contributed by atoms with Gasteiger partial charge in [0, 0.05) is 27.8 Å². The summed E-state index contributed by atoms with van der Waals surface area (Å²) in [5, 5.41) is 0. The zero-order valence-corrected chi connectivity index (χ0v) is 15.5. The molecule has 3 aromatic rings. The molecule has 2 aliphatic carbocycles. The quantitative estimate of drug-likeness (QED) is 0.547. The molecule has 0 atom stereocenters. The third-order valence-electron chi connectivity index (χ3n) is 6.09. The molecule has 0 unspecified atom stereocenters. The van der Waals surface area contributed by atoms with E-state index in [4.69, 9.17) is 4.74 Å². The van der Waals surface area contributed by atoms with Gasteiger partial charge in [0.2, 0.25) is 0 Å². The second-order valence-corrected chi connectivity index (χ2v) is 7.63. The van der Waals surface area contributed by atoms with Gasteiger partial charge < -0.3 is 4.74 Å². The first-order chi connectivity index (χ1) is 14.0. The number of hydrogen-bond donors (Lipinski definition) is 0. The minimum absolute atomic E-state index is 0.142. The summed E-state index contributed by atoms with van der Waals surface area (Å²) in [6.07, 6.45) is 0. The number of benzene rings is 3. The van der Waals surface area contributed by atoms with Gasteiger partial charge in [0.1, 0.15) is 11.5 Å². The maximum absolute atomic E-state index is 13.8. The Morgan fingerprint density at radius 2 is 1.31 bits per heavy atom. The van der Waals surface area contributed by atoms with Crippen LogP contribution in [-0.2, 0) is 5.41 Å². The fraction of sp³-hybridized carbons (Fsp3) is 0.0800. The number of carbonyl (C=O) groups is 3. The van der Waals surface area contributed by atoms with Crippen molar-refractivity contribution in [1.29, 1.82) is 0 Å². The number of Topliss-reactive ketones (excluding diaryl/α,β-unsaturated/α-hetero) is 3. The van der Waals surface area contributed by atoms with Crippen LogP contribution in [0.15, 0.2) is 72.3 Å². The second-order valence-electron chi connectivity index (χ2n) is 7.63. The van der Waals surface area contributed by atoms with Crippen LogP contribution in [0.25, 0.3) is 5.76 Å². The van der Waals surface area contributed by atoms with E-state index in [1.54, 1.807) is 54.6 Å². The molecule has 4 heteroatoms. The van der Waals surface area contributed by atoms with E-state index in [1.807, 2.05) is 19.1 Å². The number of hydrogen-bond acceptors (Lipinski definition) is 4. The maximum atomic E-state index is 13.8. The van der Waals surface area contributed by atoms with E-state index in [9.17, 15) is 14.4 Å². The van der Waals surface area contributed by atoms with Crippen LogP contribution in [0.3, 0.4) is 0 Å². The van der Waals surface area contributed by atoms with Crippen molar-refractivity contribution in [3.63, 3.8) is 0 Å². The summed E-state index contributed by atoms with van der Waals surface area (Å²) in [5.41, 5.74) is 1.55. The molecule has 0 N–H and O–H groups in total. The van der Waals surface area contributed by atoms with Gasteiger partial charge in [-0.25, -0.2) is 0 Å². The molecule has 1 heterocycles. The molecule has 0 amide bonds. The Hall–Kier alpha value is -3.79. The molecule has 29 heavy (non-hydrogen) atoms. The van der Waals surface area contributed by atoms with E-state index in [2.05, 4.69) is 0 Å². The number of ketones is 3. The third kappa shape index (κ3) is 1.72. The Bertz CT molecular complexity index is 1310. The van der Waals surface area contributed by atoms with Crippen molar-refractivity contribution in [2.24, 2.45) is 0 Å². The van der Waals surface area contributed by atoms with Gasteiger partial charge in [0.05, 0.1) is 5.57 Å². The van der Waals surface area contributed by atoms with E-state index >= 15 is 0 Å². The summed E-state index contributed by atoms with van der Waals surface area (Å²) in [4.78, 5) is 41.2. The first kappa shape index (κ1) is 16.2. The zero-order valence-electron chi connectivity index (χ0n) is 15.5. The van der Waals surface area contributed by atoms with Crippen molar-refractivity contribution in [2.75, 3.05) is 0 Å². The van der Waals surface area contributed by atoms with Gasteiger partial charge >= 0.3 is 0 Å². The van der Waals surface area contributed by atoms with Crippen molar-refractivity contribution < 1.29 is 19.1 Å². The molecular formula is C25H14O4. The van der Waals surface area contributed by atoms with E-state index in [1.165, 1.54) is 0 Å². The van der Waals surface area contributed by atoms with Crippen molar-refractivity contribution in [1.82, 2.24) is 0 Å². The smallest absolute Gasteiger partial charge is 0.195 e. The molecule has 1 spiro atoms. The lowest BCUT2D eigenvalue weighted by Gasteiger charge is -2.34. The van der Waals surface area contributed by atoms with Crippen LogP contribution >= 0.6 is 0 Å². The van der Waals surface area contributed by atoms with Gasteiger partial charge in [-0.15, -0.1) is 0 Å². The number of allylic oxidation sites excluding steroid dienone is 1. The number of fused-ring (bicyclic) bond motifs is 6. The van der Waals surface area contributed by atoms with Crippen LogP contribution in [0, 0.1) is 6.92 Å². The van der Waals surface area contributed by atoms with Gasteiger partial charge in [-0.05, 0) is 13.0 Å². The summed E-state index contributed by atoms with van der Waals surface area (Å²) in [6, 6.07) is 19.3. The minimum atomic E-state index is -1.70. The van der Waals surface area contributed by atoms with Crippen LogP contribution in [0.1, 0.15) is 47.8 Å². The van der Waals surface area contributed by atoms with Crippen molar-refractivity contribution in [2.45, 2.75) is 12.3 Å². The fourth-order valence-electron chi connectivity index (χ4n) is 4.83. The molecule has 0 saturated carbocycles. The molecule has 6 rings (SSSR count). The maximum Gasteiger partial charge on any atom is 0.195 e. The molecule has 3 aromatic carbocycles. The molecular weight excluding hydrogens is 364 g/mol. The molecule has 0 radical (unpaired) electrons. The molecule has 3 aliphatic rings. The predicted molar refractivity (Wildman–Crippen MR) is 106 cm³/mol. The van der Waals surface area contributed by atoms with E-state index in [-0.39, 0.29) is 22.9 Å². The summed E-state index contributed by atoms with van der Waals surface area (Å²) in [6.45, 7) is 1.89. The first-order valence-electron chi connectivity index (χ1n) is 9.41. The zero-order chi connectivity index (χ0) is 19.9. The first-order valence-corrected chi connectivity index (χ1v) is 9.41. The highest BCUT2D eigenvalue weighted by Crippen LogP contribution is 2.56. The number of aryl methyl sites for hydroxylation is 1. The summed E-state index contributed by atoms with van der Waals surface area (Å²) in [7, 11) is 0. The average Bonchev–Trinajstić information content (AvgIpc) is 3.15. The lowest BCUT2D eigenvalue weighted by molar-refractivity contribution is 0.0794. The summed E-state index contributed by atoms with van der Waals surface area (Å²) >= 11 is 0. The minimum Gasteiger partial charge on any atom is -0.456 e. The Kier molecular flexibility index (Phi) is 2.89. The number of carbonyl (C=O) groups excluding carboxylic acids is 3. The van der Waals surface area contributed by atoms with Crippen molar-refractivity contribution in [3.8, 4) is 5.75 Å². The standard InChI is InChI=1S/C25H14O4/c1-13-10-11-19-18(12-13)25(23(27)16-8-4-5-9-17(16)24(25)28)20-21(26)14-6-2-3-7-15(14)22(20)29-19/h2-12H,1H3. The third-order valence-corrected chi connectivity index (χ3v) is 6.09. The average molecular weight is 378 g/mol. The molecule has 4 nitrogen and oxygen atoms in total. The Balaban J connectivity index is 1.76. The molecule has 1 aliphatic heterocycles. The molecule has 0 saturated heterocycles. The van der Waals surface area contributed by atoms with Gasteiger partial charge in [-0.3, -0.25) is 14.4 Å². The lowest BCUT2D eigenvalue weighted by Crippen LogP contribution is -2.45. The second kappa shape index (κ2) is 5.17. The van der Waals surface area contributed by atoms with E-state index in [0.717, 1.165) is 5.56 Å². The molecule has 0 fully saturated rings. The van der Waals surface area contributed by atoms with Crippen molar-refractivity contribution in [3.05, 3.63) is 106 Å². The van der Waals surface area contributed by atoms with E-state index in [0.29, 0.717) is 39.3 Å². The number of ether oxygens (including phenoxy) is 1. The van der Waals surface area contributed by atoms with E-state index < -0.39 is 5.41 Å². The SMILES string of the molecule is Cc1ccc2c(c1)C1(C(=O)c3ccccc3C1=O)C1=C(O2)c2ccccc2C1=O. The van der Waals surface area contributed by atoms with Crippen molar-refractivity contribution >= 4 is 23.1 Å². The van der Waals surface area contributed by atoms with Crippen LogP contribution in [0.4, 0.5) is 0 Å². The normalized spacial score (nSPS) is 17.8. The Morgan fingerprint density at radius 1 is 0.724 bits per heavy atom. The monoisotopic (exact) mass is 378 g/mol. The van der Waals surface area contributed by atoms with Crippen LogP contribution < -0.4 is 4.74 Å². The molecule has 0 bridgehead atoms. The van der Waals surface area contributed by atoms with Gasteiger partial charge in [-0.1, -0.05) is 66.2 Å². The highest BCUT2D eigenvalue weighted by atomic mass is 16.5. The van der Waals surface area contributed by atoms with Gasteiger partial charge in [0.15, 0.2) is 22.8 Å². The number of rotatable bonds is 0. The van der Waals surface area contributed by atoms with Crippen LogP contribution in [-0.4, -0.2) is 17.3 Å². The summed E-state index contributed by atoms with van der Waals surface area (Å²) < 4.78 is 6.14.